The fourth-order valence-corrected chi connectivity index (χ4v) is 2.46. The van der Waals surface area contributed by atoms with Gasteiger partial charge in [-0.25, -0.2) is 5.06 Å². The number of carboxylic acids is 2. The Balaban J connectivity index is 4.79. The van der Waals surface area contributed by atoms with Gasteiger partial charge in [-0.3, -0.25) is 29.2 Å². The standard InChI is InChI=1S/C14H24N4O8S/c1-2-5-18(26)14(25)27-7-9(12(22)16-6-11(20)21)17-10(19)4-3-8(15)13(23)24/h8-9,26H,2-7,15H2,1H3,(H,16,22)(H,17,19)(H,20,21)(H,23,24). The van der Waals surface area contributed by atoms with Crippen molar-refractivity contribution in [2.75, 3.05) is 18.8 Å². The molecule has 3 amide bonds. The number of aliphatic carboxylic acids is 2. The molecular formula is C14H24N4O8S. The van der Waals surface area contributed by atoms with Crippen LogP contribution in [-0.2, 0) is 19.2 Å². The molecule has 0 aliphatic carbocycles. The molecule has 0 aromatic carbocycles. The van der Waals surface area contributed by atoms with Crippen LogP contribution >= 0.6 is 11.8 Å². The van der Waals surface area contributed by atoms with E-state index < -0.39 is 47.6 Å². The van der Waals surface area contributed by atoms with Gasteiger partial charge in [-0.15, -0.1) is 0 Å². The molecule has 0 saturated carbocycles. The largest absolute Gasteiger partial charge is 0.480 e. The maximum atomic E-state index is 12.0. The van der Waals surface area contributed by atoms with Crippen LogP contribution in [0.25, 0.3) is 0 Å². The first-order valence-electron chi connectivity index (χ1n) is 7.98. The van der Waals surface area contributed by atoms with Gasteiger partial charge < -0.3 is 26.6 Å². The van der Waals surface area contributed by atoms with Gasteiger partial charge in [-0.05, 0) is 12.8 Å². The zero-order valence-corrected chi connectivity index (χ0v) is 15.5. The number of thioether (sulfide) groups is 1. The highest BCUT2D eigenvalue weighted by molar-refractivity contribution is 8.13. The number of hydrogen-bond acceptors (Lipinski definition) is 8. The summed E-state index contributed by atoms with van der Waals surface area (Å²) in [6, 6.07) is -2.51. The first-order chi connectivity index (χ1) is 12.6. The van der Waals surface area contributed by atoms with Crippen LogP contribution in [-0.4, -0.2) is 80.4 Å². The summed E-state index contributed by atoms with van der Waals surface area (Å²) in [5.41, 5.74) is 5.29. The summed E-state index contributed by atoms with van der Waals surface area (Å²) in [6.07, 6.45) is 0.0558. The Morgan fingerprint density at radius 1 is 1.19 bits per heavy atom. The number of carboxylic acid groups (broad SMARTS) is 2. The number of carbonyl (C=O) groups excluding carboxylic acids is 3. The number of carbonyl (C=O) groups is 5. The molecule has 154 valence electrons. The van der Waals surface area contributed by atoms with E-state index in [1.807, 2.05) is 0 Å². The Hall–Kier alpha value is -2.38. The van der Waals surface area contributed by atoms with Gasteiger partial charge in [0.1, 0.15) is 18.6 Å². The van der Waals surface area contributed by atoms with Crippen LogP contribution < -0.4 is 16.4 Å². The highest BCUT2D eigenvalue weighted by Gasteiger charge is 2.24. The molecule has 27 heavy (non-hydrogen) atoms. The first-order valence-corrected chi connectivity index (χ1v) is 8.97. The Labute approximate surface area is 159 Å². The smallest absolute Gasteiger partial charge is 0.322 e. The normalized spacial score (nSPS) is 12.6. The molecular weight excluding hydrogens is 384 g/mol. The lowest BCUT2D eigenvalue weighted by molar-refractivity contribution is -0.139. The van der Waals surface area contributed by atoms with Gasteiger partial charge in [-0.1, -0.05) is 18.7 Å². The molecule has 0 saturated heterocycles. The summed E-state index contributed by atoms with van der Waals surface area (Å²) in [6.45, 7) is 1.14. The molecule has 0 aromatic rings. The van der Waals surface area contributed by atoms with Gasteiger partial charge in [0, 0.05) is 18.7 Å². The zero-order chi connectivity index (χ0) is 21.0. The van der Waals surface area contributed by atoms with Crippen molar-refractivity contribution in [1.29, 1.82) is 0 Å². The lowest BCUT2D eigenvalue weighted by Gasteiger charge is -2.19. The number of nitrogens with zero attached hydrogens (tertiary/aromatic N) is 1. The second kappa shape index (κ2) is 12.9. The van der Waals surface area contributed by atoms with Crippen LogP contribution in [0.3, 0.4) is 0 Å². The van der Waals surface area contributed by atoms with Gasteiger partial charge in [0.05, 0.1) is 0 Å². The van der Waals surface area contributed by atoms with Crippen LogP contribution in [0.5, 0.6) is 0 Å². The minimum Gasteiger partial charge on any atom is -0.480 e. The van der Waals surface area contributed by atoms with Crippen LogP contribution in [0.2, 0.25) is 0 Å². The second-order valence-corrected chi connectivity index (χ2v) is 6.39. The Kier molecular flexibility index (Phi) is 11.8. The van der Waals surface area contributed by atoms with Crippen LogP contribution in [0.1, 0.15) is 26.2 Å². The molecule has 2 atom stereocenters. The molecule has 12 nitrogen and oxygen atoms in total. The van der Waals surface area contributed by atoms with E-state index in [2.05, 4.69) is 10.6 Å². The average molecular weight is 408 g/mol. The molecule has 7 N–H and O–H groups in total. The minimum atomic E-state index is -1.30. The van der Waals surface area contributed by atoms with E-state index in [4.69, 9.17) is 15.9 Å². The molecule has 0 rings (SSSR count). The van der Waals surface area contributed by atoms with Gasteiger partial charge in [0.15, 0.2) is 0 Å². The molecule has 0 fully saturated rings. The minimum absolute atomic E-state index is 0.0845. The fourth-order valence-electron chi connectivity index (χ4n) is 1.68. The van der Waals surface area contributed by atoms with E-state index in [0.29, 0.717) is 23.2 Å². The molecule has 0 radical (unpaired) electrons. The third-order valence-electron chi connectivity index (χ3n) is 3.08. The SMILES string of the molecule is CCCN(O)C(=O)SCC(NC(=O)CCC(N)C(=O)O)C(=O)NCC(=O)O. The van der Waals surface area contributed by atoms with E-state index >= 15 is 0 Å². The van der Waals surface area contributed by atoms with Gasteiger partial charge >= 0.3 is 17.2 Å². The van der Waals surface area contributed by atoms with E-state index in [1.165, 1.54) is 0 Å². The van der Waals surface area contributed by atoms with Crippen molar-refractivity contribution < 1.29 is 39.4 Å². The van der Waals surface area contributed by atoms with Crippen molar-refractivity contribution in [3.63, 3.8) is 0 Å². The summed E-state index contributed by atoms with van der Waals surface area (Å²) in [4.78, 5) is 56.8. The van der Waals surface area contributed by atoms with Crippen molar-refractivity contribution in [3.8, 4) is 0 Å². The topological polar surface area (TPSA) is 199 Å². The predicted molar refractivity (Wildman–Crippen MR) is 94.1 cm³/mol. The lowest BCUT2D eigenvalue weighted by atomic mass is 10.1. The van der Waals surface area contributed by atoms with Crippen LogP contribution in [0.4, 0.5) is 4.79 Å². The summed E-state index contributed by atoms with van der Waals surface area (Å²) in [5.74, 6) is -4.37. The summed E-state index contributed by atoms with van der Waals surface area (Å²) < 4.78 is 0. The maximum Gasteiger partial charge on any atom is 0.322 e. The fraction of sp³-hybridized carbons (Fsp3) is 0.643. The number of nitrogens with one attached hydrogen (secondary N) is 2. The Morgan fingerprint density at radius 3 is 2.33 bits per heavy atom. The summed E-state index contributed by atoms with van der Waals surface area (Å²) in [5, 5.41) is 30.8. The number of hydroxylamine groups is 2. The zero-order valence-electron chi connectivity index (χ0n) is 14.7. The number of rotatable bonds is 12. The predicted octanol–water partition coefficient (Wildman–Crippen LogP) is -1.18. The van der Waals surface area contributed by atoms with E-state index in [1.54, 1.807) is 6.92 Å². The van der Waals surface area contributed by atoms with E-state index in [0.717, 1.165) is 0 Å². The molecule has 0 spiro atoms. The second-order valence-electron chi connectivity index (χ2n) is 5.42. The van der Waals surface area contributed by atoms with Crippen molar-refractivity contribution in [2.45, 2.75) is 38.3 Å². The molecule has 13 heteroatoms. The van der Waals surface area contributed by atoms with Crippen LogP contribution in [0, 0.1) is 0 Å². The van der Waals surface area contributed by atoms with Gasteiger partial charge in [0.2, 0.25) is 11.8 Å². The molecule has 0 heterocycles. The summed E-state index contributed by atoms with van der Waals surface area (Å²) in [7, 11) is 0. The third-order valence-corrected chi connectivity index (χ3v) is 4.04. The molecule has 0 aliphatic heterocycles. The highest BCUT2D eigenvalue weighted by Crippen LogP contribution is 2.10. The Bertz CT molecular complexity index is 559. The number of amides is 3. The van der Waals surface area contributed by atoms with Gasteiger partial charge in [0.25, 0.3) is 0 Å². The molecule has 0 aliphatic rings. The van der Waals surface area contributed by atoms with Crippen molar-refractivity contribution in [1.82, 2.24) is 15.7 Å². The first kappa shape index (κ1) is 24.6. The molecule has 0 bridgehead atoms. The van der Waals surface area contributed by atoms with E-state index in [9.17, 15) is 29.2 Å². The third kappa shape index (κ3) is 11.0. The monoisotopic (exact) mass is 408 g/mol. The molecule has 0 aromatic heterocycles. The number of nitrogens with two attached hydrogens (primary N) is 1. The lowest BCUT2D eigenvalue weighted by Crippen LogP contribution is -2.50. The number of hydrogen-bond donors (Lipinski definition) is 6. The van der Waals surface area contributed by atoms with Crippen molar-refractivity contribution >= 4 is 40.8 Å². The maximum absolute atomic E-state index is 12.0. The van der Waals surface area contributed by atoms with Crippen molar-refractivity contribution in [3.05, 3.63) is 0 Å². The van der Waals surface area contributed by atoms with Crippen molar-refractivity contribution in [2.24, 2.45) is 5.73 Å². The average Bonchev–Trinajstić information content (AvgIpc) is 2.60. The summed E-state index contributed by atoms with van der Waals surface area (Å²) >= 11 is 0.562. The van der Waals surface area contributed by atoms with Crippen LogP contribution in [0.15, 0.2) is 0 Å². The van der Waals surface area contributed by atoms with Gasteiger partial charge in [-0.2, -0.15) is 0 Å². The molecule has 2 unspecified atom stereocenters. The quantitative estimate of drug-likeness (QED) is 0.169. The Morgan fingerprint density at radius 2 is 1.81 bits per heavy atom. The highest BCUT2D eigenvalue weighted by atomic mass is 32.2. The van der Waals surface area contributed by atoms with E-state index in [-0.39, 0.29) is 25.1 Å².